The van der Waals surface area contributed by atoms with E-state index in [-0.39, 0.29) is 0 Å². The van der Waals surface area contributed by atoms with Gasteiger partial charge in [-0.3, -0.25) is 0 Å². The number of piperidine rings is 1. The SMILES string of the molecule is CC1(C)CCN(c2ccc(N)c(OCC3CC3)n2)CC1. The van der Waals surface area contributed by atoms with Gasteiger partial charge in [-0.15, -0.1) is 0 Å². The molecule has 1 aromatic heterocycles. The van der Waals surface area contributed by atoms with Crippen LogP contribution in [-0.4, -0.2) is 24.7 Å². The Morgan fingerprint density at radius 2 is 2.00 bits per heavy atom. The standard InChI is InChI=1S/C16H25N3O/c1-16(2)7-9-19(10-8-16)14-6-5-13(17)15(18-14)20-11-12-3-4-12/h5-6,12H,3-4,7-11,17H2,1-2H3. The number of nitrogens with zero attached hydrogens (tertiary/aromatic N) is 2. The van der Waals surface area contributed by atoms with Gasteiger partial charge >= 0.3 is 0 Å². The Morgan fingerprint density at radius 1 is 1.30 bits per heavy atom. The number of anilines is 2. The van der Waals surface area contributed by atoms with Crippen LogP contribution in [0.15, 0.2) is 12.1 Å². The Bertz CT molecular complexity index is 473. The number of nitrogen functional groups attached to an aromatic ring is 1. The van der Waals surface area contributed by atoms with Gasteiger partial charge in [0, 0.05) is 13.1 Å². The molecule has 2 N–H and O–H groups in total. The highest BCUT2D eigenvalue weighted by molar-refractivity contribution is 5.54. The van der Waals surface area contributed by atoms with Crippen LogP contribution in [0.1, 0.15) is 39.5 Å². The first kappa shape index (κ1) is 13.5. The van der Waals surface area contributed by atoms with Gasteiger partial charge in [0.2, 0.25) is 5.88 Å². The van der Waals surface area contributed by atoms with E-state index < -0.39 is 0 Å². The average molecular weight is 275 g/mol. The van der Waals surface area contributed by atoms with Gasteiger partial charge in [-0.25, -0.2) is 0 Å². The third-order valence-electron chi connectivity index (χ3n) is 4.47. The van der Waals surface area contributed by atoms with Crippen molar-refractivity contribution in [2.75, 3.05) is 30.3 Å². The van der Waals surface area contributed by atoms with Crippen molar-refractivity contribution in [3.05, 3.63) is 12.1 Å². The Morgan fingerprint density at radius 3 is 2.65 bits per heavy atom. The minimum atomic E-state index is 0.454. The van der Waals surface area contributed by atoms with Gasteiger partial charge in [-0.1, -0.05) is 13.8 Å². The monoisotopic (exact) mass is 275 g/mol. The van der Waals surface area contributed by atoms with Crippen molar-refractivity contribution >= 4 is 11.5 Å². The van der Waals surface area contributed by atoms with Crippen molar-refractivity contribution in [1.29, 1.82) is 0 Å². The molecule has 0 amide bonds. The van der Waals surface area contributed by atoms with Crippen LogP contribution in [-0.2, 0) is 0 Å². The molecule has 4 nitrogen and oxygen atoms in total. The predicted molar refractivity (Wildman–Crippen MR) is 82.1 cm³/mol. The molecule has 0 atom stereocenters. The second-order valence-electron chi connectivity index (χ2n) is 6.97. The molecule has 2 aliphatic rings. The second-order valence-corrected chi connectivity index (χ2v) is 6.97. The van der Waals surface area contributed by atoms with Gasteiger partial charge in [0.1, 0.15) is 5.82 Å². The van der Waals surface area contributed by atoms with Crippen molar-refractivity contribution in [2.24, 2.45) is 11.3 Å². The molecule has 2 fully saturated rings. The lowest BCUT2D eigenvalue weighted by Gasteiger charge is -2.37. The van der Waals surface area contributed by atoms with Crippen LogP contribution in [0.25, 0.3) is 0 Å². The van der Waals surface area contributed by atoms with Crippen LogP contribution in [0.4, 0.5) is 11.5 Å². The van der Waals surface area contributed by atoms with E-state index in [1.807, 2.05) is 12.1 Å². The Hall–Kier alpha value is -1.45. The number of ether oxygens (including phenoxy) is 1. The smallest absolute Gasteiger partial charge is 0.239 e. The maximum Gasteiger partial charge on any atom is 0.239 e. The van der Waals surface area contributed by atoms with Crippen LogP contribution in [0.2, 0.25) is 0 Å². The summed E-state index contributed by atoms with van der Waals surface area (Å²) in [5, 5.41) is 0. The molecule has 0 bridgehead atoms. The molecule has 2 heterocycles. The molecule has 1 saturated carbocycles. The fraction of sp³-hybridized carbons (Fsp3) is 0.688. The lowest BCUT2D eigenvalue weighted by Crippen LogP contribution is -2.37. The lowest BCUT2D eigenvalue weighted by molar-refractivity contribution is 0.276. The number of aromatic nitrogens is 1. The number of hydrogen-bond donors (Lipinski definition) is 1. The largest absolute Gasteiger partial charge is 0.476 e. The molecule has 20 heavy (non-hydrogen) atoms. The maximum absolute atomic E-state index is 5.96. The molecule has 0 unspecified atom stereocenters. The van der Waals surface area contributed by atoms with E-state index in [4.69, 9.17) is 10.5 Å². The van der Waals surface area contributed by atoms with Crippen LogP contribution in [0.3, 0.4) is 0 Å². The first-order valence-corrected chi connectivity index (χ1v) is 7.68. The Kier molecular flexibility index (Phi) is 3.48. The molecule has 1 aliphatic carbocycles. The molecule has 0 radical (unpaired) electrons. The molecule has 110 valence electrons. The summed E-state index contributed by atoms with van der Waals surface area (Å²) < 4.78 is 5.77. The first-order chi connectivity index (χ1) is 9.53. The van der Waals surface area contributed by atoms with Crippen molar-refractivity contribution in [1.82, 2.24) is 4.98 Å². The van der Waals surface area contributed by atoms with Crippen molar-refractivity contribution in [3.63, 3.8) is 0 Å². The van der Waals surface area contributed by atoms with E-state index >= 15 is 0 Å². The van der Waals surface area contributed by atoms with E-state index in [1.165, 1.54) is 25.7 Å². The topological polar surface area (TPSA) is 51.4 Å². The summed E-state index contributed by atoms with van der Waals surface area (Å²) in [6.45, 7) is 7.56. The van der Waals surface area contributed by atoms with Crippen molar-refractivity contribution in [2.45, 2.75) is 39.5 Å². The van der Waals surface area contributed by atoms with Crippen molar-refractivity contribution in [3.8, 4) is 5.88 Å². The summed E-state index contributed by atoms with van der Waals surface area (Å²) in [5.41, 5.74) is 7.06. The summed E-state index contributed by atoms with van der Waals surface area (Å²) in [4.78, 5) is 6.96. The van der Waals surface area contributed by atoms with E-state index in [9.17, 15) is 0 Å². The third-order valence-corrected chi connectivity index (χ3v) is 4.47. The van der Waals surface area contributed by atoms with E-state index in [2.05, 4.69) is 23.7 Å². The molecule has 3 rings (SSSR count). The highest BCUT2D eigenvalue weighted by Crippen LogP contribution is 2.34. The summed E-state index contributed by atoms with van der Waals surface area (Å²) in [7, 11) is 0. The van der Waals surface area contributed by atoms with Crippen LogP contribution < -0.4 is 15.4 Å². The van der Waals surface area contributed by atoms with E-state index in [0.29, 0.717) is 17.0 Å². The Balaban J connectivity index is 1.68. The summed E-state index contributed by atoms with van der Waals surface area (Å²) in [6, 6.07) is 3.93. The molecule has 0 spiro atoms. The van der Waals surface area contributed by atoms with Crippen LogP contribution in [0, 0.1) is 11.3 Å². The quantitative estimate of drug-likeness (QED) is 0.917. The number of rotatable bonds is 4. The van der Waals surface area contributed by atoms with Gasteiger partial charge in [0.05, 0.1) is 12.3 Å². The lowest BCUT2D eigenvalue weighted by atomic mass is 9.83. The summed E-state index contributed by atoms with van der Waals surface area (Å²) in [5.74, 6) is 2.33. The molecule has 1 saturated heterocycles. The third kappa shape index (κ3) is 3.17. The summed E-state index contributed by atoms with van der Waals surface area (Å²) in [6.07, 6.45) is 4.97. The number of nitrogens with two attached hydrogens (primary N) is 1. The zero-order valence-corrected chi connectivity index (χ0v) is 12.6. The minimum absolute atomic E-state index is 0.454. The fourth-order valence-electron chi connectivity index (χ4n) is 2.56. The van der Waals surface area contributed by atoms with Crippen LogP contribution in [0.5, 0.6) is 5.88 Å². The van der Waals surface area contributed by atoms with E-state index in [1.54, 1.807) is 0 Å². The second kappa shape index (κ2) is 5.15. The fourth-order valence-corrected chi connectivity index (χ4v) is 2.56. The van der Waals surface area contributed by atoms with Crippen molar-refractivity contribution < 1.29 is 4.74 Å². The normalized spacial score (nSPS) is 21.8. The van der Waals surface area contributed by atoms with Gasteiger partial charge in [0.15, 0.2) is 0 Å². The predicted octanol–water partition coefficient (Wildman–Crippen LogP) is 3.08. The van der Waals surface area contributed by atoms with Crippen LogP contribution >= 0.6 is 0 Å². The molecular weight excluding hydrogens is 250 g/mol. The molecule has 1 aliphatic heterocycles. The summed E-state index contributed by atoms with van der Waals surface area (Å²) >= 11 is 0. The highest BCUT2D eigenvalue weighted by atomic mass is 16.5. The Labute approximate surface area is 121 Å². The molecule has 0 aromatic carbocycles. The zero-order valence-electron chi connectivity index (χ0n) is 12.6. The molecule has 1 aromatic rings. The van der Waals surface area contributed by atoms with Gasteiger partial charge < -0.3 is 15.4 Å². The molecular formula is C16H25N3O. The minimum Gasteiger partial charge on any atom is -0.476 e. The van der Waals surface area contributed by atoms with Gasteiger partial charge in [-0.2, -0.15) is 4.98 Å². The molecule has 4 heteroatoms. The zero-order chi connectivity index (χ0) is 14.2. The van der Waals surface area contributed by atoms with E-state index in [0.717, 1.165) is 31.4 Å². The highest BCUT2D eigenvalue weighted by Gasteiger charge is 2.26. The number of hydrogen-bond acceptors (Lipinski definition) is 4. The van der Waals surface area contributed by atoms with Gasteiger partial charge in [-0.05, 0) is 49.1 Å². The van der Waals surface area contributed by atoms with Gasteiger partial charge in [0.25, 0.3) is 0 Å². The maximum atomic E-state index is 5.96. The average Bonchev–Trinajstić information content (AvgIpc) is 3.22. The first-order valence-electron chi connectivity index (χ1n) is 7.68. The number of pyridine rings is 1.